The molecule has 1 unspecified atom stereocenters. The van der Waals surface area contributed by atoms with Crippen LogP contribution in [0.4, 0.5) is 0 Å². The van der Waals surface area contributed by atoms with Crippen molar-refractivity contribution in [2.75, 3.05) is 33.5 Å². The molecule has 0 aromatic heterocycles. The third kappa shape index (κ3) is 6.76. The number of hydrogen-bond donors (Lipinski definition) is 2. The van der Waals surface area contributed by atoms with E-state index in [1.165, 1.54) is 0 Å². The van der Waals surface area contributed by atoms with Crippen LogP contribution in [0.2, 0.25) is 0 Å². The van der Waals surface area contributed by atoms with Gasteiger partial charge in [0.05, 0.1) is 25.9 Å². The van der Waals surface area contributed by atoms with Crippen LogP contribution in [0, 0.1) is 5.92 Å². The van der Waals surface area contributed by atoms with Crippen LogP contribution in [0.5, 0.6) is 0 Å². The van der Waals surface area contributed by atoms with Crippen molar-refractivity contribution in [3.8, 4) is 0 Å². The second kappa shape index (κ2) is 9.57. The van der Waals surface area contributed by atoms with Crippen molar-refractivity contribution < 1.29 is 14.3 Å². The molecule has 0 aromatic rings. The smallest absolute Gasteiger partial charge is 0.237 e. The highest BCUT2D eigenvalue weighted by molar-refractivity contribution is 5.81. The molecule has 16 heavy (non-hydrogen) atoms. The van der Waals surface area contributed by atoms with E-state index in [1.54, 1.807) is 7.11 Å². The highest BCUT2D eigenvalue weighted by Gasteiger charge is 2.18. The third-order valence-electron chi connectivity index (χ3n) is 2.54. The van der Waals surface area contributed by atoms with Crippen LogP contribution >= 0.6 is 0 Å². The van der Waals surface area contributed by atoms with Gasteiger partial charge in [-0.3, -0.25) is 4.79 Å². The summed E-state index contributed by atoms with van der Waals surface area (Å²) in [5, 5.41) is 2.74. The maximum absolute atomic E-state index is 11.5. The normalized spacial score (nSPS) is 14.5. The van der Waals surface area contributed by atoms with E-state index in [-0.39, 0.29) is 11.8 Å². The van der Waals surface area contributed by atoms with Crippen LogP contribution in [0.1, 0.15) is 20.3 Å². The number of nitrogens with two attached hydrogens (primary N) is 1. The van der Waals surface area contributed by atoms with E-state index >= 15 is 0 Å². The lowest BCUT2D eigenvalue weighted by atomic mass is 9.99. The van der Waals surface area contributed by atoms with Gasteiger partial charge in [0.2, 0.25) is 5.91 Å². The van der Waals surface area contributed by atoms with Gasteiger partial charge in [0.25, 0.3) is 0 Å². The second-order valence-corrected chi connectivity index (χ2v) is 3.81. The molecule has 2 atom stereocenters. The van der Waals surface area contributed by atoms with E-state index < -0.39 is 6.04 Å². The molecule has 5 heteroatoms. The van der Waals surface area contributed by atoms with Gasteiger partial charge in [0.15, 0.2) is 0 Å². The highest BCUT2D eigenvalue weighted by Crippen LogP contribution is 2.04. The molecule has 0 saturated heterocycles. The number of ether oxygens (including phenoxy) is 2. The summed E-state index contributed by atoms with van der Waals surface area (Å²) >= 11 is 0. The summed E-state index contributed by atoms with van der Waals surface area (Å²) in [4.78, 5) is 11.5. The number of carbonyl (C=O) groups excluding carboxylic acids is 1. The molecule has 96 valence electrons. The molecule has 0 spiro atoms. The molecule has 3 N–H and O–H groups in total. The summed E-state index contributed by atoms with van der Waals surface area (Å²) < 4.78 is 10.0. The summed E-state index contributed by atoms with van der Waals surface area (Å²) in [5.74, 6) is 0.0964. The molecule has 5 nitrogen and oxygen atoms in total. The Bertz CT molecular complexity index is 188. The molecule has 0 saturated carbocycles. The molecule has 0 bridgehead atoms. The third-order valence-corrected chi connectivity index (χ3v) is 2.54. The fraction of sp³-hybridized carbons (Fsp3) is 0.909. The van der Waals surface area contributed by atoms with E-state index in [0.29, 0.717) is 26.4 Å². The lowest BCUT2D eigenvalue weighted by Gasteiger charge is -2.17. The van der Waals surface area contributed by atoms with Gasteiger partial charge in [-0.05, 0) is 5.92 Å². The minimum absolute atomic E-state index is 0.107. The molecule has 0 aliphatic heterocycles. The molecule has 0 aromatic carbocycles. The van der Waals surface area contributed by atoms with Crippen molar-refractivity contribution in [2.24, 2.45) is 11.7 Å². The van der Waals surface area contributed by atoms with Crippen LogP contribution < -0.4 is 11.1 Å². The summed E-state index contributed by atoms with van der Waals surface area (Å²) in [6.45, 7) is 6.09. The van der Waals surface area contributed by atoms with Gasteiger partial charge in [-0.15, -0.1) is 0 Å². The van der Waals surface area contributed by atoms with E-state index in [2.05, 4.69) is 5.32 Å². The highest BCUT2D eigenvalue weighted by atomic mass is 16.5. The number of nitrogens with one attached hydrogen (secondary N) is 1. The minimum atomic E-state index is -0.427. The maximum atomic E-state index is 11.5. The van der Waals surface area contributed by atoms with Crippen molar-refractivity contribution >= 4 is 5.91 Å². The molecule has 0 rings (SSSR count). The zero-order valence-electron chi connectivity index (χ0n) is 10.5. The van der Waals surface area contributed by atoms with Crippen LogP contribution in [-0.2, 0) is 14.3 Å². The molecule has 1 amide bonds. The van der Waals surface area contributed by atoms with E-state index in [4.69, 9.17) is 15.2 Å². The number of methoxy groups -OCH3 is 1. The van der Waals surface area contributed by atoms with Crippen LogP contribution in [0.15, 0.2) is 0 Å². The average molecular weight is 232 g/mol. The molecule has 0 radical (unpaired) electrons. The first-order chi connectivity index (χ1) is 7.63. The molecular weight excluding hydrogens is 208 g/mol. The largest absolute Gasteiger partial charge is 0.382 e. The molecule has 0 heterocycles. The molecule has 0 aliphatic rings. The standard InChI is InChI=1S/C11H24N2O3/c1-4-9(2)10(12)11(14)13-5-6-16-8-7-15-3/h9-10H,4-8,12H2,1-3H3,(H,13,14)/t9?,10-/m0/s1. The summed E-state index contributed by atoms with van der Waals surface area (Å²) in [7, 11) is 1.62. The average Bonchev–Trinajstić information content (AvgIpc) is 2.31. The van der Waals surface area contributed by atoms with Crippen molar-refractivity contribution in [3.05, 3.63) is 0 Å². The van der Waals surface area contributed by atoms with Crippen molar-refractivity contribution in [2.45, 2.75) is 26.3 Å². The first kappa shape index (κ1) is 15.3. The lowest BCUT2D eigenvalue weighted by Crippen LogP contribution is -2.45. The van der Waals surface area contributed by atoms with Crippen LogP contribution in [0.3, 0.4) is 0 Å². The fourth-order valence-electron chi connectivity index (χ4n) is 1.12. The van der Waals surface area contributed by atoms with Gasteiger partial charge >= 0.3 is 0 Å². The Morgan fingerprint density at radius 1 is 1.38 bits per heavy atom. The summed E-state index contributed by atoms with van der Waals surface area (Å²) in [5.41, 5.74) is 5.76. The Hall–Kier alpha value is -0.650. The number of carbonyl (C=O) groups is 1. The van der Waals surface area contributed by atoms with Crippen LogP contribution in [0.25, 0.3) is 0 Å². The van der Waals surface area contributed by atoms with Gasteiger partial charge < -0.3 is 20.5 Å². The Balaban J connectivity index is 3.50. The van der Waals surface area contributed by atoms with Gasteiger partial charge in [-0.25, -0.2) is 0 Å². The summed E-state index contributed by atoms with van der Waals surface area (Å²) in [6, 6.07) is -0.427. The first-order valence-electron chi connectivity index (χ1n) is 5.73. The van der Waals surface area contributed by atoms with Crippen LogP contribution in [-0.4, -0.2) is 45.4 Å². The Morgan fingerprint density at radius 2 is 2.06 bits per heavy atom. The first-order valence-corrected chi connectivity index (χ1v) is 5.73. The second-order valence-electron chi connectivity index (χ2n) is 3.81. The van der Waals surface area contributed by atoms with E-state index in [1.807, 2.05) is 13.8 Å². The van der Waals surface area contributed by atoms with Gasteiger partial charge in [0.1, 0.15) is 0 Å². The topological polar surface area (TPSA) is 73.6 Å². The number of rotatable bonds is 9. The summed E-state index contributed by atoms with van der Waals surface area (Å²) in [6.07, 6.45) is 0.902. The Labute approximate surface area is 97.7 Å². The zero-order valence-corrected chi connectivity index (χ0v) is 10.5. The van der Waals surface area contributed by atoms with Crippen molar-refractivity contribution in [1.29, 1.82) is 0 Å². The molecule has 0 aliphatic carbocycles. The SMILES string of the molecule is CCC(C)[C@H](N)C(=O)NCCOCCOC. The minimum Gasteiger partial charge on any atom is -0.382 e. The quantitative estimate of drug-likeness (QED) is 0.555. The lowest BCUT2D eigenvalue weighted by molar-refractivity contribution is -0.123. The van der Waals surface area contributed by atoms with Gasteiger partial charge in [0, 0.05) is 13.7 Å². The molecule has 0 fully saturated rings. The van der Waals surface area contributed by atoms with Gasteiger partial charge in [-0.2, -0.15) is 0 Å². The zero-order chi connectivity index (χ0) is 12.4. The number of hydrogen-bond acceptors (Lipinski definition) is 4. The Morgan fingerprint density at radius 3 is 2.62 bits per heavy atom. The predicted molar refractivity (Wildman–Crippen MR) is 63.1 cm³/mol. The maximum Gasteiger partial charge on any atom is 0.237 e. The predicted octanol–water partition coefficient (Wildman–Crippen LogP) is 0.139. The number of amides is 1. The van der Waals surface area contributed by atoms with E-state index in [9.17, 15) is 4.79 Å². The van der Waals surface area contributed by atoms with Crippen molar-refractivity contribution in [3.63, 3.8) is 0 Å². The fourth-order valence-corrected chi connectivity index (χ4v) is 1.12. The molecular formula is C11H24N2O3. The monoisotopic (exact) mass is 232 g/mol. The van der Waals surface area contributed by atoms with Crippen molar-refractivity contribution in [1.82, 2.24) is 5.32 Å². The van der Waals surface area contributed by atoms with E-state index in [0.717, 1.165) is 6.42 Å². The van der Waals surface area contributed by atoms with Gasteiger partial charge in [-0.1, -0.05) is 20.3 Å². The Kier molecular flexibility index (Phi) is 9.18.